The summed E-state index contributed by atoms with van der Waals surface area (Å²) >= 11 is 0. The summed E-state index contributed by atoms with van der Waals surface area (Å²) in [5, 5.41) is 3.57. The van der Waals surface area contributed by atoms with Crippen LogP contribution in [0, 0.1) is 5.92 Å². The third-order valence-corrected chi connectivity index (χ3v) is 3.97. The highest BCUT2D eigenvalue weighted by atomic mass is 16.5. The normalized spacial score (nSPS) is 21.8. The van der Waals surface area contributed by atoms with Gasteiger partial charge in [-0.05, 0) is 32.3 Å². The van der Waals surface area contributed by atoms with E-state index >= 15 is 0 Å². The molecule has 0 amide bonds. The van der Waals surface area contributed by atoms with E-state index in [0.29, 0.717) is 19.3 Å². The lowest BCUT2D eigenvalue weighted by Crippen LogP contribution is -2.32. The van der Waals surface area contributed by atoms with Gasteiger partial charge in [0, 0.05) is 24.4 Å². The van der Waals surface area contributed by atoms with Crippen molar-refractivity contribution in [3.8, 4) is 0 Å². The predicted molar refractivity (Wildman–Crippen MR) is 83.2 cm³/mol. The third kappa shape index (κ3) is 4.46. The van der Waals surface area contributed by atoms with Gasteiger partial charge < -0.3 is 14.8 Å². The standard InChI is InChI=1S/C17H25NO3/c1-3-21-17(19)13-8-6-9-15(11-13)18-16-10-5-4-7-14(16)12-20-2/h4-5,7,10,13,15,18H,3,6,8-9,11-12H2,1-2H3. The van der Waals surface area contributed by atoms with Gasteiger partial charge in [0.05, 0.1) is 19.1 Å². The number of anilines is 1. The first-order chi connectivity index (χ1) is 10.2. The van der Waals surface area contributed by atoms with E-state index in [1.807, 2.05) is 19.1 Å². The van der Waals surface area contributed by atoms with Crippen molar-refractivity contribution in [3.63, 3.8) is 0 Å². The first kappa shape index (κ1) is 15.8. The van der Waals surface area contributed by atoms with Crippen LogP contribution in [0.25, 0.3) is 0 Å². The molecule has 2 rings (SSSR count). The Kier molecular flexibility index (Phi) is 6.05. The lowest BCUT2D eigenvalue weighted by Gasteiger charge is -2.29. The van der Waals surface area contributed by atoms with Gasteiger partial charge in [-0.25, -0.2) is 0 Å². The molecule has 21 heavy (non-hydrogen) atoms. The van der Waals surface area contributed by atoms with Crippen molar-refractivity contribution >= 4 is 11.7 Å². The van der Waals surface area contributed by atoms with Gasteiger partial charge in [-0.1, -0.05) is 24.6 Å². The predicted octanol–water partition coefficient (Wildman–Crippen LogP) is 3.37. The van der Waals surface area contributed by atoms with Crippen molar-refractivity contribution < 1.29 is 14.3 Å². The average molecular weight is 291 g/mol. The zero-order valence-electron chi connectivity index (χ0n) is 12.9. The maximum Gasteiger partial charge on any atom is 0.308 e. The van der Waals surface area contributed by atoms with Gasteiger partial charge >= 0.3 is 5.97 Å². The number of esters is 1. The van der Waals surface area contributed by atoms with E-state index in [4.69, 9.17) is 9.47 Å². The van der Waals surface area contributed by atoms with Crippen LogP contribution in [-0.4, -0.2) is 25.7 Å². The van der Waals surface area contributed by atoms with Crippen LogP contribution in [0.2, 0.25) is 0 Å². The van der Waals surface area contributed by atoms with E-state index in [-0.39, 0.29) is 11.9 Å². The molecule has 1 saturated carbocycles. The fraction of sp³-hybridized carbons (Fsp3) is 0.588. The minimum Gasteiger partial charge on any atom is -0.466 e. The first-order valence-electron chi connectivity index (χ1n) is 7.74. The second kappa shape index (κ2) is 8.03. The Labute approximate surface area is 126 Å². The summed E-state index contributed by atoms with van der Waals surface area (Å²) in [7, 11) is 1.70. The summed E-state index contributed by atoms with van der Waals surface area (Å²) < 4.78 is 10.4. The molecule has 0 heterocycles. The Hall–Kier alpha value is -1.55. The number of hydrogen-bond donors (Lipinski definition) is 1. The lowest BCUT2D eigenvalue weighted by molar-refractivity contribution is -0.149. The van der Waals surface area contributed by atoms with Crippen LogP contribution in [0.5, 0.6) is 0 Å². The highest BCUT2D eigenvalue weighted by Gasteiger charge is 2.28. The molecule has 1 N–H and O–H groups in total. The molecule has 1 aliphatic carbocycles. The zero-order chi connectivity index (χ0) is 15.1. The molecule has 1 fully saturated rings. The molecule has 0 aromatic heterocycles. The van der Waals surface area contributed by atoms with Crippen molar-refractivity contribution in [2.24, 2.45) is 5.92 Å². The number of benzene rings is 1. The molecule has 1 aromatic rings. The van der Waals surface area contributed by atoms with Gasteiger partial charge in [0.2, 0.25) is 0 Å². The molecular weight excluding hydrogens is 266 g/mol. The Balaban J connectivity index is 1.98. The molecule has 0 radical (unpaired) electrons. The summed E-state index contributed by atoms with van der Waals surface area (Å²) in [6, 6.07) is 8.50. The minimum atomic E-state index is -0.0471. The molecule has 116 valence electrons. The molecule has 1 aromatic carbocycles. The number of nitrogens with one attached hydrogen (secondary N) is 1. The van der Waals surface area contributed by atoms with Gasteiger partial charge in [0.15, 0.2) is 0 Å². The second-order valence-corrected chi connectivity index (χ2v) is 5.55. The smallest absolute Gasteiger partial charge is 0.308 e. The van der Waals surface area contributed by atoms with E-state index in [0.717, 1.165) is 36.9 Å². The summed E-state index contributed by atoms with van der Waals surface area (Å²) in [6.45, 7) is 2.92. The van der Waals surface area contributed by atoms with E-state index in [9.17, 15) is 4.79 Å². The number of hydrogen-bond acceptors (Lipinski definition) is 4. The number of carbonyl (C=O) groups is 1. The summed E-state index contributed by atoms with van der Waals surface area (Å²) in [5.74, 6) is -0.0139. The van der Waals surface area contributed by atoms with Gasteiger partial charge in [-0.15, -0.1) is 0 Å². The van der Waals surface area contributed by atoms with Crippen LogP contribution in [0.3, 0.4) is 0 Å². The molecule has 0 saturated heterocycles. The van der Waals surface area contributed by atoms with Gasteiger partial charge in [-0.3, -0.25) is 4.79 Å². The van der Waals surface area contributed by atoms with Crippen LogP contribution in [-0.2, 0) is 20.9 Å². The van der Waals surface area contributed by atoms with E-state index in [1.54, 1.807) is 7.11 Å². The Morgan fingerprint density at radius 1 is 1.33 bits per heavy atom. The average Bonchev–Trinajstić information content (AvgIpc) is 2.50. The topological polar surface area (TPSA) is 47.6 Å². The monoisotopic (exact) mass is 291 g/mol. The number of para-hydroxylation sites is 1. The molecule has 2 unspecified atom stereocenters. The van der Waals surface area contributed by atoms with Crippen LogP contribution < -0.4 is 5.32 Å². The number of ether oxygens (including phenoxy) is 2. The van der Waals surface area contributed by atoms with Crippen LogP contribution in [0.4, 0.5) is 5.69 Å². The van der Waals surface area contributed by atoms with Crippen molar-refractivity contribution in [2.45, 2.75) is 45.3 Å². The molecule has 4 nitrogen and oxygen atoms in total. The summed E-state index contributed by atoms with van der Waals surface area (Å²) in [4.78, 5) is 11.9. The molecule has 4 heteroatoms. The lowest BCUT2D eigenvalue weighted by atomic mass is 9.85. The number of methoxy groups -OCH3 is 1. The van der Waals surface area contributed by atoms with Crippen molar-refractivity contribution in [1.82, 2.24) is 0 Å². The Morgan fingerprint density at radius 2 is 2.14 bits per heavy atom. The van der Waals surface area contributed by atoms with Crippen molar-refractivity contribution in [3.05, 3.63) is 29.8 Å². The molecule has 0 aliphatic heterocycles. The minimum absolute atomic E-state index is 0.0331. The van der Waals surface area contributed by atoms with Gasteiger partial charge in [-0.2, -0.15) is 0 Å². The SMILES string of the molecule is CCOC(=O)C1CCCC(Nc2ccccc2COC)C1. The molecule has 1 aliphatic rings. The highest BCUT2D eigenvalue weighted by Crippen LogP contribution is 2.28. The zero-order valence-corrected chi connectivity index (χ0v) is 12.9. The maximum absolute atomic E-state index is 11.9. The Bertz CT molecular complexity index is 461. The molecule has 0 bridgehead atoms. The summed E-state index contributed by atoms with van der Waals surface area (Å²) in [5.41, 5.74) is 2.26. The molecular formula is C17H25NO3. The van der Waals surface area contributed by atoms with Crippen LogP contribution in [0.15, 0.2) is 24.3 Å². The second-order valence-electron chi connectivity index (χ2n) is 5.55. The largest absolute Gasteiger partial charge is 0.466 e. The molecule has 2 atom stereocenters. The van der Waals surface area contributed by atoms with Gasteiger partial charge in [0.25, 0.3) is 0 Å². The van der Waals surface area contributed by atoms with Gasteiger partial charge in [0.1, 0.15) is 0 Å². The van der Waals surface area contributed by atoms with Crippen molar-refractivity contribution in [1.29, 1.82) is 0 Å². The fourth-order valence-electron chi connectivity index (χ4n) is 2.96. The van der Waals surface area contributed by atoms with Crippen LogP contribution >= 0.6 is 0 Å². The first-order valence-corrected chi connectivity index (χ1v) is 7.74. The highest BCUT2D eigenvalue weighted by molar-refractivity contribution is 5.72. The van der Waals surface area contributed by atoms with Crippen LogP contribution in [0.1, 0.15) is 38.2 Å². The summed E-state index contributed by atoms with van der Waals surface area (Å²) in [6.07, 6.45) is 3.95. The fourth-order valence-corrected chi connectivity index (χ4v) is 2.96. The Morgan fingerprint density at radius 3 is 2.90 bits per heavy atom. The van der Waals surface area contributed by atoms with Crippen molar-refractivity contribution in [2.75, 3.05) is 19.0 Å². The molecule has 0 spiro atoms. The van der Waals surface area contributed by atoms with E-state index < -0.39 is 0 Å². The maximum atomic E-state index is 11.9. The quantitative estimate of drug-likeness (QED) is 0.816. The third-order valence-electron chi connectivity index (χ3n) is 3.97. The van der Waals surface area contributed by atoms with E-state index in [2.05, 4.69) is 17.4 Å². The number of rotatable bonds is 6. The van der Waals surface area contributed by atoms with E-state index in [1.165, 1.54) is 0 Å². The number of carbonyl (C=O) groups excluding carboxylic acids is 1.